The van der Waals surface area contributed by atoms with Crippen LogP contribution in [0, 0.1) is 5.82 Å². The lowest BCUT2D eigenvalue weighted by Crippen LogP contribution is -1.96. The van der Waals surface area contributed by atoms with Crippen LogP contribution in [0.5, 0.6) is 11.5 Å². The minimum atomic E-state index is -0.521. The van der Waals surface area contributed by atoms with E-state index in [1.54, 1.807) is 0 Å². The lowest BCUT2D eigenvalue weighted by Gasteiger charge is -2.12. The van der Waals surface area contributed by atoms with E-state index in [0.717, 1.165) is 0 Å². The van der Waals surface area contributed by atoms with Gasteiger partial charge in [0.15, 0.2) is 11.5 Å². The van der Waals surface area contributed by atoms with E-state index in [0.29, 0.717) is 10.2 Å². The van der Waals surface area contributed by atoms with Gasteiger partial charge in [-0.15, -0.1) is 0 Å². The molecule has 0 saturated carbocycles. The third-order valence-electron chi connectivity index (χ3n) is 2.35. The molecule has 0 aliphatic rings. The Kier molecular flexibility index (Phi) is 3.42. The van der Waals surface area contributed by atoms with E-state index in [9.17, 15) is 4.39 Å². The summed E-state index contributed by atoms with van der Waals surface area (Å²) in [5.41, 5.74) is 5.90. The Morgan fingerprint density at radius 3 is 2.56 bits per heavy atom. The predicted octanol–water partition coefficient (Wildman–Crippen LogP) is 2.84. The first-order chi connectivity index (χ1) is 8.58. The molecule has 2 rings (SSSR count). The molecule has 2 aromatic rings. The zero-order valence-corrected chi connectivity index (χ0v) is 11.2. The molecule has 0 atom stereocenters. The zero-order chi connectivity index (χ0) is 13.3. The second kappa shape index (κ2) is 4.85. The number of ether oxygens (including phenoxy) is 2. The highest BCUT2D eigenvalue weighted by Gasteiger charge is 2.21. The van der Waals surface area contributed by atoms with Crippen molar-refractivity contribution in [3.05, 3.63) is 22.4 Å². The average Bonchev–Trinajstić information content (AvgIpc) is 2.75. The summed E-state index contributed by atoms with van der Waals surface area (Å²) in [5.74, 6) is 0.233. The number of nitrogen functional groups attached to an aromatic ring is 1. The van der Waals surface area contributed by atoms with Gasteiger partial charge in [0.1, 0.15) is 11.5 Å². The van der Waals surface area contributed by atoms with Gasteiger partial charge in [-0.3, -0.25) is 0 Å². The van der Waals surface area contributed by atoms with Crippen LogP contribution in [0.15, 0.2) is 21.1 Å². The van der Waals surface area contributed by atoms with Crippen LogP contribution < -0.4 is 15.2 Å². The molecule has 2 N–H and O–H groups in total. The number of anilines is 1. The van der Waals surface area contributed by atoms with Crippen LogP contribution in [0.4, 0.5) is 10.3 Å². The first-order valence-corrected chi connectivity index (χ1v) is 5.70. The van der Waals surface area contributed by atoms with Gasteiger partial charge >= 0.3 is 0 Å². The Morgan fingerprint density at radius 2 is 2.06 bits per heavy atom. The standard InChI is InChI=1S/C11H10BrFN2O3/c1-16-7-3-5(13)9(10(12)11(7)17-2)6-4-8(14)18-15-6/h3-4H,14H2,1-2H3. The Balaban J connectivity index is 2.68. The third-order valence-corrected chi connectivity index (χ3v) is 3.10. The molecule has 0 radical (unpaired) electrons. The van der Waals surface area contributed by atoms with Crippen molar-refractivity contribution in [3.63, 3.8) is 0 Å². The lowest BCUT2D eigenvalue weighted by molar-refractivity contribution is 0.350. The van der Waals surface area contributed by atoms with Crippen LogP contribution in [-0.2, 0) is 0 Å². The molecule has 96 valence electrons. The number of nitrogens with two attached hydrogens (primary N) is 1. The van der Waals surface area contributed by atoms with Gasteiger partial charge in [-0.05, 0) is 15.9 Å². The maximum absolute atomic E-state index is 14.0. The van der Waals surface area contributed by atoms with Crippen molar-refractivity contribution in [1.29, 1.82) is 0 Å². The summed E-state index contributed by atoms with van der Waals surface area (Å²) in [6.45, 7) is 0. The van der Waals surface area contributed by atoms with Crippen molar-refractivity contribution in [2.75, 3.05) is 20.0 Å². The molecule has 0 amide bonds. The van der Waals surface area contributed by atoms with Crippen molar-refractivity contribution >= 4 is 21.8 Å². The lowest BCUT2D eigenvalue weighted by atomic mass is 10.1. The van der Waals surface area contributed by atoms with Crippen molar-refractivity contribution in [2.45, 2.75) is 0 Å². The van der Waals surface area contributed by atoms with Crippen molar-refractivity contribution in [3.8, 4) is 22.8 Å². The molecule has 1 aromatic carbocycles. The minimum absolute atomic E-state index is 0.103. The normalized spacial score (nSPS) is 10.4. The second-order valence-electron chi connectivity index (χ2n) is 3.40. The van der Waals surface area contributed by atoms with Crippen LogP contribution in [0.2, 0.25) is 0 Å². The van der Waals surface area contributed by atoms with E-state index in [4.69, 9.17) is 19.7 Å². The summed E-state index contributed by atoms with van der Waals surface area (Å²) in [6, 6.07) is 2.64. The van der Waals surface area contributed by atoms with Gasteiger partial charge in [0, 0.05) is 12.1 Å². The van der Waals surface area contributed by atoms with Crippen LogP contribution in [0.25, 0.3) is 11.3 Å². The Hall–Kier alpha value is -1.76. The van der Waals surface area contributed by atoms with E-state index < -0.39 is 5.82 Å². The smallest absolute Gasteiger partial charge is 0.222 e. The first-order valence-electron chi connectivity index (χ1n) is 4.91. The molecule has 0 aliphatic carbocycles. The highest BCUT2D eigenvalue weighted by Crippen LogP contribution is 2.43. The number of aromatic nitrogens is 1. The molecule has 0 spiro atoms. The van der Waals surface area contributed by atoms with E-state index in [-0.39, 0.29) is 22.9 Å². The summed E-state index contributed by atoms with van der Waals surface area (Å²) in [7, 11) is 2.89. The highest BCUT2D eigenvalue weighted by atomic mass is 79.9. The van der Waals surface area contributed by atoms with Crippen LogP contribution >= 0.6 is 15.9 Å². The number of benzene rings is 1. The highest BCUT2D eigenvalue weighted by molar-refractivity contribution is 9.10. The molecule has 18 heavy (non-hydrogen) atoms. The summed E-state index contributed by atoms with van der Waals surface area (Å²) in [6.07, 6.45) is 0. The van der Waals surface area contributed by atoms with Gasteiger partial charge in [-0.1, -0.05) is 5.16 Å². The fraction of sp³-hybridized carbons (Fsp3) is 0.182. The van der Waals surface area contributed by atoms with E-state index in [2.05, 4.69) is 21.1 Å². The largest absolute Gasteiger partial charge is 0.493 e. The Labute approximate surface area is 111 Å². The number of rotatable bonds is 3. The van der Waals surface area contributed by atoms with Crippen LogP contribution in [0.3, 0.4) is 0 Å². The average molecular weight is 317 g/mol. The molecule has 0 unspecified atom stereocenters. The molecular weight excluding hydrogens is 307 g/mol. The molecule has 1 heterocycles. The molecule has 0 bridgehead atoms. The van der Waals surface area contributed by atoms with Crippen LogP contribution in [0.1, 0.15) is 0 Å². The SMILES string of the molecule is COc1cc(F)c(-c2cc(N)on2)c(Br)c1OC. The van der Waals surface area contributed by atoms with E-state index >= 15 is 0 Å². The number of halogens is 2. The number of hydrogen-bond donors (Lipinski definition) is 1. The topological polar surface area (TPSA) is 70.5 Å². The van der Waals surface area contributed by atoms with Gasteiger partial charge in [0.05, 0.1) is 24.3 Å². The van der Waals surface area contributed by atoms with Crippen molar-refractivity contribution < 1.29 is 18.4 Å². The van der Waals surface area contributed by atoms with Gasteiger partial charge < -0.3 is 19.7 Å². The molecule has 0 fully saturated rings. The number of hydrogen-bond acceptors (Lipinski definition) is 5. The predicted molar refractivity (Wildman–Crippen MR) is 67.1 cm³/mol. The summed E-state index contributed by atoms with van der Waals surface area (Å²) in [5, 5.41) is 3.67. The number of nitrogens with zero attached hydrogens (tertiary/aromatic N) is 1. The van der Waals surface area contributed by atoms with Crippen molar-refractivity contribution in [1.82, 2.24) is 5.16 Å². The van der Waals surface area contributed by atoms with Crippen LogP contribution in [-0.4, -0.2) is 19.4 Å². The van der Waals surface area contributed by atoms with E-state index in [1.165, 1.54) is 26.4 Å². The monoisotopic (exact) mass is 316 g/mol. The molecule has 0 saturated heterocycles. The van der Waals surface area contributed by atoms with Gasteiger partial charge in [0.25, 0.3) is 0 Å². The Bertz CT molecular complexity index is 586. The Morgan fingerprint density at radius 1 is 1.33 bits per heavy atom. The molecule has 7 heteroatoms. The first kappa shape index (κ1) is 12.7. The molecule has 1 aromatic heterocycles. The fourth-order valence-corrected chi connectivity index (χ4v) is 2.31. The van der Waals surface area contributed by atoms with Gasteiger partial charge in [-0.25, -0.2) is 4.39 Å². The molecule has 5 nitrogen and oxygen atoms in total. The molecular formula is C11H10BrFN2O3. The van der Waals surface area contributed by atoms with Gasteiger partial charge in [-0.2, -0.15) is 0 Å². The minimum Gasteiger partial charge on any atom is -0.493 e. The maximum atomic E-state index is 14.0. The van der Waals surface area contributed by atoms with E-state index in [1.807, 2.05) is 0 Å². The summed E-state index contributed by atoms with van der Waals surface area (Å²) < 4.78 is 29.3. The fourth-order valence-electron chi connectivity index (χ4n) is 1.56. The maximum Gasteiger partial charge on any atom is 0.222 e. The summed E-state index contributed by atoms with van der Waals surface area (Å²) >= 11 is 3.26. The zero-order valence-electron chi connectivity index (χ0n) is 9.66. The summed E-state index contributed by atoms with van der Waals surface area (Å²) in [4.78, 5) is 0. The quantitative estimate of drug-likeness (QED) is 0.942. The molecule has 0 aliphatic heterocycles. The number of methoxy groups -OCH3 is 2. The van der Waals surface area contributed by atoms with Crippen molar-refractivity contribution in [2.24, 2.45) is 0 Å². The third kappa shape index (κ3) is 2.01. The second-order valence-corrected chi connectivity index (χ2v) is 4.19. The van der Waals surface area contributed by atoms with Gasteiger partial charge in [0.2, 0.25) is 5.88 Å².